The van der Waals surface area contributed by atoms with Crippen molar-refractivity contribution in [2.75, 3.05) is 30.8 Å². The second-order valence-corrected chi connectivity index (χ2v) is 5.51. The second kappa shape index (κ2) is 8.72. The molecular weight excluding hydrogens is 324 g/mol. The Morgan fingerprint density at radius 1 is 1.24 bits per heavy atom. The highest BCUT2D eigenvalue weighted by atomic mass is 16.5. The van der Waals surface area contributed by atoms with Crippen LogP contribution in [0, 0.1) is 0 Å². The maximum absolute atomic E-state index is 12.4. The number of nitrogens with zero attached hydrogens (tertiary/aromatic N) is 1. The molecule has 1 saturated heterocycles. The smallest absolute Gasteiger partial charge is 0.410 e. The topological polar surface area (TPSA) is 99.8 Å². The minimum atomic E-state index is -0.532. The Balaban J connectivity index is 1.92. The summed E-state index contributed by atoms with van der Waals surface area (Å²) in [6.07, 6.45) is 2.45. The standard InChI is InChI=1S/C17H22N4O4/c1-3-10-18-16(23)20-13-8-6-12(7-9-13)19-15(22)14-5-4-11-21(14)17(24)25-2/h3,6-9,14H,1,4-5,10-11H2,2H3,(H,19,22)(H2,18,20,23). The van der Waals surface area contributed by atoms with Gasteiger partial charge in [0.15, 0.2) is 0 Å². The van der Waals surface area contributed by atoms with Crippen LogP contribution in [0.25, 0.3) is 0 Å². The number of carbonyl (C=O) groups is 3. The maximum Gasteiger partial charge on any atom is 0.410 e. The number of hydrogen-bond acceptors (Lipinski definition) is 4. The number of urea groups is 1. The van der Waals surface area contributed by atoms with Crippen molar-refractivity contribution in [3.8, 4) is 0 Å². The van der Waals surface area contributed by atoms with Crippen LogP contribution in [0.4, 0.5) is 21.0 Å². The Morgan fingerprint density at radius 2 is 1.88 bits per heavy atom. The Bertz CT molecular complexity index is 645. The van der Waals surface area contributed by atoms with Crippen LogP contribution in [0.3, 0.4) is 0 Å². The van der Waals surface area contributed by atoms with E-state index in [1.807, 2.05) is 0 Å². The third-order valence-electron chi connectivity index (χ3n) is 3.78. The number of nitrogens with one attached hydrogen (secondary N) is 3. The van der Waals surface area contributed by atoms with Crippen LogP contribution < -0.4 is 16.0 Å². The summed E-state index contributed by atoms with van der Waals surface area (Å²) in [5.41, 5.74) is 1.18. The third kappa shape index (κ3) is 4.97. The molecular formula is C17H22N4O4. The van der Waals surface area contributed by atoms with Gasteiger partial charge in [0, 0.05) is 24.5 Å². The lowest BCUT2D eigenvalue weighted by Gasteiger charge is -2.22. The molecule has 0 aromatic heterocycles. The predicted octanol–water partition coefficient (Wildman–Crippen LogP) is 2.16. The highest BCUT2D eigenvalue weighted by Crippen LogP contribution is 2.20. The Kier molecular flexibility index (Phi) is 6.39. The molecule has 8 heteroatoms. The Labute approximate surface area is 146 Å². The van der Waals surface area contributed by atoms with Gasteiger partial charge in [-0.05, 0) is 37.1 Å². The molecule has 3 N–H and O–H groups in total. The molecule has 25 heavy (non-hydrogen) atoms. The third-order valence-corrected chi connectivity index (χ3v) is 3.78. The van der Waals surface area contributed by atoms with Crippen LogP contribution >= 0.6 is 0 Å². The van der Waals surface area contributed by atoms with E-state index in [0.717, 1.165) is 6.42 Å². The molecule has 1 aliphatic rings. The molecule has 0 bridgehead atoms. The molecule has 134 valence electrons. The van der Waals surface area contributed by atoms with E-state index in [9.17, 15) is 14.4 Å². The summed E-state index contributed by atoms with van der Waals surface area (Å²) in [4.78, 5) is 37.0. The van der Waals surface area contributed by atoms with Crippen LogP contribution in [0.5, 0.6) is 0 Å². The predicted molar refractivity (Wildman–Crippen MR) is 94.4 cm³/mol. The number of benzene rings is 1. The van der Waals surface area contributed by atoms with Gasteiger partial charge in [-0.25, -0.2) is 9.59 Å². The maximum atomic E-state index is 12.4. The molecule has 1 aliphatic heterocycles. The van der Waals surface area contributed by atoms with Crippen molar-refractivity contribution in [1.82, 2.24) is 10.2 Å². The molecule has 1 fully saturated rings. The van der Waals surface area contributed by atoms with Crippen molar-refractivity contribution in [1.29, 1.82) is 0 Å². The summed E-state index contributed by atoms with van der Waals surface area (Å²) in [7, 11) is 1.30. The van der Waals surface area contributed by atoms with Gasteiger partial charge in [-0.1, -0.05) is 6.08 Å². The first kappa shape index (κ1) is 18.3. The summed E-state index contributed by atoms with van der Waals surface area (Å²) in [5.74, 6) is -0.257. The summed E-state index contributed by atoms with van der Waals surface area (Å²) in [5, 5.41) is 8.04. The molecule has 1 unspecified atom stereocenters. The van der Waals surface area contributed by atoms with Gasteiger partial charge in [0.1, 0.15) is 6.04 Å². The van der Waals surface area contributed by atoms with E-state index in [2.05, 4.69) is 22.5 Å². The molecule has 0 radical (unpaired) electrons. The molecule has 8 nitrogen and oxygen atoms in total. The van der Waals surface area contributed by atoms with Gasteiger partial charge in [-0.3, -0.25) is 9.69 Å². The van der Waals surface area contributed by atoms with Gasteiger partial charge >= 0.3 is 12.1 Å². The van der Waals surface area contributed by atoms with Gasteiger partial charge in [0.25, 0.3) is 0 Å². The minimum absolute atomic E-state index is 0.257. The number of methoxy groups -OCH3 is 1. The van der Waals surface area contributed by atoms with Gasteiger partial charge < -0.3 is 20.7 Å². The van der Waals surface area contributed by atoms with E-state index in [1.54, 1.807) is 30.3 Å². The quantitative estimate of drug-likeness (QED) is 0.711. The Hall–Kier alpha value is -3.03. The van der Waals surface area contributed by atoms with Gasteiger partial charge in [-0.15, -0.1) is 6.58 Å². The molecule has 0 aliphatic carbocycles. The normalized spacial score (nSPS) is 16.0. The fourth-order valence-corrected chi connectivity index (χ4v) is 2.58. The molecule has 1 atom stereocenters. The summed E-state index contributed by atoms with van der Waals surface area (Å²) < 4.78 is 4.70. The van der Waals surface area contributed by atoms with E-state index in [1.165, 1.54) is 12.0 Å². The SMILES string of the molecule is C=CCNC(=O)Nc1ccc(NC(=O)C2CCCN2C(=O)OC)cc1. The van der Waals surface area contributed by atoms with E-state index in [4.69, 9.17) is 4.74 Å². The van der Waals surface area contributed by atoms with Crippen LogP contribution in [-0.2, 0) is 9.53 Å². The van der Waals surface area contributed by atoms with Gasteiger partial charge in [-0.2, -0.15) is 0 Å². The van der Waals surface area contributed by atoms with Crippen molar-refractivity contribution in [3.63, 3.8) is 0 Å². The number of carbonyl (C=O) groups excluding carboxylic acids is 3. The van der Waals surface area contributed by atoms with Crippen LogP contribution in [0.1, 0.15) is 12.8 Å². The molecule has 1 aromatic rings. The van der Waals surface area contributed by atoms with Crippen LogP contribution in [0.15, 0.2) is 36.9 Å². The lowest BCUT2D eigenvalue weighted by atomic mass is 10.2. The monoisotopic (exact) mass is 346 g/mol. The van der Waals surface area contributed by atoms with Crippen LogP contribution in [0.2, 0.25) is 0 Å². The lowest BCUT2D eigenvalue weighted by molar-refractivity contribution is -0.119. The molecule has 1 aromatic carbocycles. The fourth-order valence-electron chi connectivity index (χ4n) is 2.58. The van der Waals surface area contributed by atoms with E-state index in [-0.39, 0.29) is 11.9 Å². The summed E-state index contributed by atoms with van der Waals surface area (Å²) >= 11 is 0. The average Bonchev–Trinajstić information content (AvgIpc) is 3.11. The molecule has 1 heterocycles. The average molecular weight is 346 g/mol. The molecule has 0 saturated carbocycles. The van der Waals surface area contributed by atoms with E-state index < -0.39 is 12.1 Å². The Morgan fingerprint density at radius 3 is 2.48 bits per heavy atom. The van der Waals surface area contributed by atoms with Crippen molar-refractivity contribution in [2.24, 2.45) is 0 Å². The summed E-state index contributed by atoms with van der Waals surface area (Å²) in [6, 6.07) is 5.84. The number of rotatable bonds is 5. The first-order chi connectivity index (χ1) is 12.0. The first-order valence-electron chi connectivity index (χ1n) is 7.96. The number of likely N-dealkylation sites (tertiary alicyclic amines) is 1. The summed E-state index contributed by atoms with van der Waals surface area (Å²) in [6.45, 7) is 4.40. The first-order valence-corrected chi connectivity index (χ1v) is 7.96. The molecule has 4 amide bonds. The lowest BCUT2D eigenvalue weighted by Crippen LogP contribution is -2.43. The number of hydrogen-bond donors (Lipinski definition) is 3. The highest BCUT2D eigenvalue weighted by molar-refractivity contribution is 5.97. The zero-order valence-corrected chi connectivity index (χ0v) is 14.1. The van der Waals surface area contributed by atoms with E-state index in [0.29, 0.717) is 30.9 Å². The second-order valence-electron chi connectivity index (χ2n) is 5.51. The van der Waals surface area contributed by atoms with E-state index >= 15 is 0 Å². The minimum Gasteiger partial charge on any atom is -0.453 e. The zero-order chi connectivity index (χ0) is 18.2. The van der Waals surface area contributed by atoms with Crippen molar-refractivity contribution in [2.45, 2.75) is 18.9 Å². The number of amides is 4. The van der Waals surface area contributed by atoms with Gasteiger partial charge in [0.05, 0.1) is 7.11 Å². The molecule has 0 spiro atoms. The zero-order valence-electron chi connectivity index (χ0n) is 14.1. The van der Waals surface area contributed by atoms with Crippen LogP contribution in [-0.4, -0.2) is 49.2 Å². The van der Waals surface area contributed by atoms with Crippen molar-refractivity contribution < 1.29 is 19.1 Å². The highest BCUT2D eigenvalue weighted by Gasteiger charge is 2.34. The van der Waals surface area contributed by atoms with Crippen molar-refractivity contribution in [3.05, 3.63) is 36.9 Å². The largest absolute Gasteiger partial charge is 0.453 e. The number of anilines is 2. The van der Waals surface area contributed by atoms with Crippen molar-refractivity contribution >= 4 is 29.4 Å². The number of ether oxygens (including phenoxy) is 1. The molecule has 2 rings (SSSR count). The fraction of sp³-hybridized carbons (Fsp3) is 0.353. The van der Waals surface area contributed by atoms with Gasteiger partial charge in [0.2, 0.25) is 5.91 Å².